The topological polar surface area (TPSA) is 58.2 Å². The predicted octanol–water partition coefficient (Wildman–Crippen LogP) is 3.30. The third-order valence-corrected chi connectivity index (χ3v) is 6.74. The number of hydrogen-bond donors (Lipinski definition) is 2. The lowest BCUT2D eigenvalue weighted by molar-refractivity contribution is 0.603. The lowest BCUT2D eigenvalue weighted by Gasteiger charge is -2.07. The molecule has 0 aliphatic carbocycles. The zero-order valence-corrected chi connectivity index (χ0v) is 14.6. The van der Waals surface area contributed by atoms with Gasteiger partial charge in [-0.05, 0) is 50.1 Å². The molecule has 4 nitrogen and oxygen atoms in total. The maximum atomic E-state index is 12.4. The first-order valence-electron chi connectivity index (χ1n) is 6.37. The summed E-state index contributed by atoms with van der Waals surface area (Å²) in [5.41, 5.74) is 1.58. The highest BCUT2D eigenvalue weighted by Crippen LogP contribution is 2.28. The summed E-state index contributed by atoms with van der Waals surface area (Å²) in [5.74, 6) is 0. The molecule has 1 aromatic carbocycles. The smallest absolute Gasteiger partial charge is 0.271 e. The summed E-state index contributed by atoms with van der Waals surface area (Å²) in [6.45, 7) is 2.60. The van der Waals surface area contributed by atoms with Crippen molar-refractivity contribution < 1.29 is 8.42 Å². The van der Waals surface area contributed by atoms with Crippen molar-refractivity contribution in [1.82, 2.24) is 5.32 Å². The van der Waals surface area contributed by atoms with Crippen LogP contribution in [0.2, 0.25) is 0 Å². The third kappa shape index (κ3) is 4.00. The zero-order chi connectivity index (χ0) is 15.5. The molecule has 0 radical (unpaired) electrons. The molecule has 21 heavy (non-hydrogen) atoms. The van der Waals surface area contributed by atoms with Crippen LogP contribution in [0, 0.1) is 6.92 Å². The van der Waals surface area contributed by atoms with Crippen LogP contribution in [0.25, 0.3) is 0 Å². The second kappa shape index (κ2) is 6.83. The Labute approximate surface area is 134 Å². The molecule has 114 valence electrons. The predicted molar refractivity (Wildman–Crippen MR) is 90.9 cm³/mol. The molecule has 0 fully saturated rings. The van der Waals surface area contributed by atoms with Crippen LogP contribution in [0.15, 0.2) is 39.4 Å². The summed E-state index contributed by atoms with van der Waals surface area (Å²) in [5, 5.41) is 3.05. The van der Waals surface area contributed by atoms with Crippen molar-refractivity contribution in [2.75, 3.05) is 18.0 Å². The molecule has 0 amide bonds. The molecule has 1 heterocycles. The first-order chi connectivity index (χ1) is 9.96. The van der Waals surface area contributed by atoms with Crippen molar-refractivity contribution >= 4 is 38.8 Å². The van der Waals surface area contributed by atoms with Crippen LogP contribution in [0.4, 0.5) is 5.69 Å². The molecule has 0 saturated carbocycles. The highest BCUT2D eigenvalue weighted by atomic mass is 32.2. The summed E-state index contributed by atoms with van der Waals surface area (Å²) < 4.78 is 27.9. The van der Waals surface area contributed by atoms with E-state index in [9.17, 15) is 8.42 Å². The summed E-state index contributed by atoms with van der Waals surface area (Å²) in [7, 11) is -1.68. The number of benzene rings is 1. The van der Waals surface area contributed by atoms with Crippen LogP contribution < -0.4 is 10.0 Å². The molecule has 0 aliphatic rings. The lowest BCUT2D eigenvalue weighted by Crippen LogP contribution is -2.11. The molecule has 0 aliphatic heterocycles. The fourth-order valence-electron chi connectivity index (χ4n) is 1.85. The average molecular weight is 343 g/mol. The Kier molecular flexibility index (Phi) is 5.32. The van der Waals surface area contributed by atoms with Crippen molar-refractivity contribution in [3.8, 4) is 0 Å². The van der Waals surface area contributed by atoms with Gasteiger partial charge >= 0.3 is 0 Å². The second-order valence-corrected chi connectivity index (χ2v) is 8.47. The van der Waals surface area contributed by atoms with E-state index in [4.69, 9.17) is 0 Å². The summed E-state index contributed by atoms with van der Waals surface area (Å²) in [4.78, 5) is 2.06. The van der Waals surface area contributed by atoms with Gasteiger partial charge in [0.25, 0.3) is 10.0 Å². The maximum absolute atomic E-state index is 12.4. The molecule has 0 atom stereocenters. The van der Waals surface area contributed by atoms with Crippen LogP contribution in [0.1, 0.15) is 10.4 Å². The highest BCUT2D eigenvalue weighted by molar-refractivity contribution is 7.98. The molecule has 7 heteroatoms. The van der Waals surface area contributed by atoms with Gasteiger partial charge in [-0.25, -0.2) is 8.42 Å². The van der Waals surface area contributed by atoms with Gasteiger partial charge in [0.1, 0.15) is 4.21 Å². The molecule has 2 N–H and O–H groups in total. The third-order valence-electron chi connectivity index (χ3n) is 2.92. The van der Waals surface area contributed by atoms with E-state index >= 15 is 0 Å². The van der Waals surface area contributed by atoms with Crippen LogP contribution in [-0.4, -0.2) is 21.7 Å². The Hall–Kier alpha value is -1.02. The molecule has 0 saturated heterocycles. The Morgan fingerprint density at radius 3 is 2.71 bits per heavy atom. The number of nitrogens with one attached hydrogen (secondary N) is 2. The molecule has 2 rings (SSSR count). The number of sulfonamides is 1. The molecule has 0 bridgehead atoms. The van der Waals surface area contributed by atoms with Crippen molar-refractivity contribution in [3.63, 3.8) is 0 Å². The van der Waals surface area contributed by atoms with Gasteiger partial charge in [0, 0.05) is 22.0 Å². The fourth-order valence-corrected chi connectivity index (χ4v) is 4.96. The van der Waals surface area contributed by atoms with Crippen molar-refractivity contribution in [2.45, 2.75) is 22.6 Å². The first kappa shape index (κ1) is 16.4. The molecule has 0 spiro atoms. The normalized spacial score (nSPS) is 11.6. The lowest BCUT2D eigenvalue weighted by atomic mass is 10.3. The van der Waals surface area contributed by atoms with Gasteiger partial charge in [0.05, 0.1) is 0 Å². The second-order valence-electron chi connectivity index (χ2n) is 4.54. The van der Waals surface area contributed by atoms with Crippen LogP contribution in [0.5, 0.6) is 0 Å². The minimum atomic E-state index is -3.53. The van der Waals surface area contributed by atoms with Crippen molar-refractivity contribution in [2.24, 2.45) is 0 Å². The van der Waals surface area contributed by atoms with E-state index in [0.29, 0.717) is 16.4 Å². The van der Waals surface area contributed by atoms with Gasteiger partial charge in [-0.3, -0.25) is 4.72 Å². The van der Waals surface area contributed by atoms with E-state index in [2.05, 4.69) is 10.0 Å². The Bertz CT molecular complexity index is 724. The van der Waals surface area contributed by atoms with Gasteiger partial charge in [-0.1, -0.05) is 6.07 Å². The number of hydrogen-bond acceptors (Lipinski definition) is 5. The number of thiophene rings is 1. The van der Waals surface area contributed by atoms with Crippen molar-refractivity contribution in [3.05, 3.63) is 40.8 Å². The quantitative estimate of drug-likeness (QED) is 0.791. The molecular formula is C14H18N2O2S3. The number of thioether (sulfide) groups is 1. The number of rotatable bonds is 6. The molecule has 2 aromatic rings. The largest absolute Gasteiger partial charge is 0.315 e. The fraction of sp³-hybridized carbons (Fsp3) is 0.286. The zero-order valence-electron chi connectivity index (χ0n) is 12.1. The van der Waals surface area contributed by atoms with E-state index < -0.39 is 10.0 Å². The van der Waals surface area contributed by atoms with E-state index in [0.717, 1.165) is 15.3 Å². The minimum absolute atomic E-state index is 0.347. The van der Waals surface area contributed by atoms with E-state index in [-0.39, 0.29) is 0 Å². The molecule has 0 unspecified atom stereocenters. The highest BCUT2D eigenvalue weighted by Gasteiger charge is 2.19. The van der Waals surface area contributed by atoms with E-state index in [1.807, 2.05) is 38.4 Å². The monoisotopic (exact) mass is 342 g/mol. The van der Waals surface area contributed by atoms with Crippen LogP contribution in [0.3, 0.4) is 0 Å². The number of anilines is 1. The minimum Gasteiger partial charge on any atom is -0.315 e. The van der Waals surface area contributed by atoms with E-state index in [1.165, 1.54) is 11.3 Å². The van der Waals surface area contributed by atoms with E-state index in [1.54, 1.807) is 23.9 Å². The summed E-state index contributed by atoms with van der Waals surface area (Å²) in [6.07, 6.45) is 1.96. The number of aryl methyl sites for hydroxylation is 1. The Balaban J connectivity index is 2.27. The standard InChI is InChI=1S/C14H18N2O2S3/c1-10-7-14(20-13(10)9-15-2)21(17,18)16-11-5-4-6-12(8-11)19-3/h4-8,15-16H,9H2,1-3H3. The Morgan fingerprint density at radius 2 is 2.05 bits per heavy atom. The van der Waals surface area contributed by atoms with Gasteiger partial charge < -0.3 is 5.32 Å². The van der Waals surface area contributed by atoms with Gasteiger partial charge in [-0.2, -0.15) is 0 Å². The van der Waals surface area contributed by atoms with Gasteiger partial charge in [0.2, 0.25) is 0 Å². The first-order valence-corrected chi connectivity index (χ1v) is 9.89. The molecular weight excluding hydrogens is 324 g/mol. The Morgan fingerprint density at radius 1 is 1.29 bits per heavy atom. The van der Waals surface area contributed by atoms with Crippen molar-refractivity contribution in [1.29, 1.82) is 0 Å². The molecule has 1 aromatic heterocycles. The summed E-state index contributed by atoms with van der Waals surface area (Å²) in [6, 6.07) is 9.10. The maximum Gasteiger partial charge on any atom is 0.271 e. The van der Waals surface area contributed by atoms with Gasteiger partial charge in [0.15, 0.2) is 0 Å². The average Bonchev–Trinajstić information content (AvgIpc) is 2.81. The summed E-state index contributed by atoms with van der Waals surface area (Å²) >= 11 is 2.88. The van der Waals surface area contributed by atoms with Crippen LogP contribution in [-0.2, 0) is 16.6 Å². The SMILES string of the molecule is CNCc1sc(S(=O)(=O)Nc2cccc(SC)c2)cc1C. The van der Waals surface area contributed by atoms with Gasteiger partial charge in [-0.15, -0.1) is 23.1 Å². The van der Waals surface area contributed by atoms with Crippen LogP contribution >= 0.6 is 23.1 Å².